The summed E-state index contributed by atoms with van der Waals surface area (Å²) in [5.74, 6) is 0.728. The van der Waals surface area contributed by atoms with Gasteiger partial charge in [-0.2, -0.15) is 0 Å². The Morgan fingerprint density at radius 3 is 2.41 bits per heavy atom. The molecule has 2 unspecified atom stereocenters. The Balaban J connectivity index is 2.05. The second kappa shape index (κ2) is 3.84. The molecule has 3 fully saturated rings. The Morgan fingerprint density at radius 2 is 1.82 bits per heavy atom. The molecule has 3 saturated heterocycles. The summed E-state index contributed by atoms with van der Waals surface area (Å²) in [6.45, 7) is 9.81. The first-order valence-electron chi connectivity index (χ1n) is 6.91. The third-order valence-electron chi connectivity index (χ3n) is 5.27. The quantitative estimate of drug-likeness (QED) is 0.711. The van der Waals surface area contributed by atoms with Gasteiger partial charge in [0, 0.05) is 12.0 Å². The van der Waals surface area contributed by atoms with Crippen LogP contribution in [0.2, 0.25) is 0 Å². The SMILES string of the molecule is Cc1ccccc1C1C(C)N2CCC1(C)CC2. The van der Waals surface area contributed by atoms with Crippen molar-refractivity contribution in [1.82, 2.24) is 4.90 Å². The molecule has 1 aromatic rings. The lowest BCUT2D eigenvalue weighted by Crippen LogP contribution is -2.57. The minimum atomic E-state index is 0.528. The van der Waals surface area contributed by atoms with Gasteiger partial charge >= 0.3 is 0 Å². The molecule has 0 saturated carbocycles. The van der Waals surface area contributed by atoms with Crippen LogP contribution in [0, 0.1) is 12.3 Å². The summed E-state index contributed by atoms with van der Waals surface area (Å²) < 4.78 is 0. The smallest absolute Gasteiger partial charge is 0.0141 e. The van der Waals surface area contributed by atoms with E-state index in [1.165, 1.54) is 31.5 Å². The van der Waals surface area contributed by atoms with E-state index in [2.05, 4.69) is 49.9 Å². The van der Waals surface area contributed by atoms with Crippen molar-refractivity contribution in [3.8, 4) is 0 Å². The molecule has 2 atom stereocenters. The molecule has 0 spiro atoms. The van der Waals surface area contributed by atoms with Crippen LogP contribution in [0.5, 0.6) is 0 Å². The van der Waals surface area contributed by atoms with Crippen LogP contribution in [0.15, 0.2) is 24.3 Å². The van der Waals surface area contributed by atoms with E-state index in [9.17, 15) is 0 Å². The van der Waals surface area contributed by atoms with Crippen LogP contribution in [0.1, 0.15) is 43.7 Å². The van der Waals surface area contributed by atoms with E-state index in [4.69, 9.17) is 0 Å². The van der Waals surface area contributed by atoms with Gasteiger partial charge in [-0.05, 0) is 56.3 Å². The summed E-state index contributed by atoms with van der Waals surface area (Å²) >= 11 is 0. The molecular weight excluding hydrogens is 206 g/mol. The fraction of sp³-hybridized carbons (Fsp3) is 0.625. The average molecular weight is 229 g/mol. The maximum absolute atomic E-state index is 2.68. The zero-order valence-electron chi connectivity index (χ0n) is 11.2. The van der Waals surface area contributed by atoms with Crippen LogP contribution in [-0.4, -0.2) is 24.0 Å². The lowest BCUT2D eigenvalue weighted by Gasteiger charge is -2.56. The average Bonchev–Trinajstić information content (AvgIpc) is 2.31. The highest BCUT2D eigenvalue weighted by molar-refractivity contribution is 5.33. The molecule has 0 aliphatic carbocycles. The minimum absolute atomic E-state index is 0.528. The summed E-state index contributed by atoms with van der Waals surface area (Å²) in [5, 5.41) is 0. The molecule has 3 heterocycles. The fourth-order valence-corrected chi connectivity index (χ4v) is 4.12. The number of rotatable bonds is 1. The van der Waals surface area contributed by atoms with E-state index >= 15 is 0 Å². The number of aryl methyl sites for hydroxylation is 1. The lowest BCUT2D eigenvalue weighted by molar-refractivity contribution is -0.0270. The molecular formula is C16H23N. The molecule has 0 N–H and O–H groups in total. The fourth-order valence-electron chi connectivity index (χ4n) is 4.12. The van der Waals surface area contributed by atoms with Crippen molar-refractivity contribution in [1.29, 1.82) is 0 Å². The number of hydrogen-bond acceptors (Lipinski definition) is 1. The van der Waals surface area contributed by atoms with Crippen molar-refractivity contribution < 1.29 is 0 Å². The van der Waals surface area contributed by atoms with Crippen molar-refractivity contribution in [3.63, 3.8) is 0 Å². The highest BCUT2D eigenvalue weighted by Crippen LogP contribution is 2.52. The Kier molecular flexibility index (Phi) is 2.55. The topological polar surface area (TPSA) is 3.24 Å². The molecule has 1 aromatic carbocycles. The van der Waals surface area contributed by atoms with Crippen molar-refractivity contribution >= 4 is 0 Å². The third kappa shape index (κ3) is 1.63. The monoisotopic (exact) mass is 229 g/mol. The lowest BCUT2D eigenvalue weighted by atomic mass is 9.60. The molecule has 0 amide bonds. The van der Waals surface area contributed by atoms with Crippen molar-refractivity contribution in [2.75, 3.05) is 13.1 Å². The summed E-state index contributed by atoms with van der Waals surface area (Å²) in [7, 11) is 0. The molecule has 92 valence electrons. The van der Waals surface area contributed by atoms with Gasteiger partial charge in [0.25, 0.3) is 0 Å². The predicted octanol–water partition coefficient (Wildman–Crippen LogP) is 3.58. The molecule has 1 heteroatoms. The van der Waals surface area contributed by atoms with Gasteiger partial charge in [0.15, 0.2) is 0 Å². The van der Waals surface area contributed by atoms with E-state index in [0.29, 0.717) is 11.5 Å². The second-order valence-electron chi connectivity index (χ2n) is 6.26. The van der Waals surface area contributed by atoms with Crippen molar-refractivity contribution in [2.45, 2.75) is 45.6 Å². The van der Waals surface area contributed by atoms with E-state index < -0.39 is 0 Å². The Bertz CT molecular complexity index is 415. The number of fused-ring (bicyclic) bond motifs is 3. The van der Waals surface area contributed by atoms with Gasteiger partial charge in [-0.25, -0.2) is 0 Å². The van der Waals surface area contributed by atoms with E-state index in [1.54, 1.807) is 5.56 Å². The summed E-state index contributed by atoms with van der Waals surface area (Å²) in [5.41, 5.74) is 3.59. The molecule has 3 aliphatic heterocycles. The van der Waals surface area contributed by atoms with Crippen molar-refractivity contribution in [3.05, 3.63) is 35.4 Å². The zero-order chi connectivity index (χ0) is 12.0. The summed E-state index contributed by atoms with van der Waals surface area (Å²) in [6, 6.07) is 9.69. The predicted molar refractivity (Wildman–Crippen MR) is 72.3 cm³/mol. The van der Waals surface area contributed by atoms with Gasteiger partial charge in [-0.15, -0.1) is 0 Å². The number of benzene rings is 1. The second-order valence-corrected chi connectivity index (χ2v) is 6.26. The summed E-state index contributed by atoms with van der Waals surface area (Å²) in [4.78, 5) is 2.68. The van der Waals surface area contributed by atoms with Crippen LogP contribution in [0.25, 0.3) is 0 Å². The molecule has 4 rings (SSSR count). The van der Waals surface area contributed by atoms with Crippen LogP contribution in [-0.2, 0) is 0 Å². The summed E-state index contributed by atoms with van der Waals surface area (Å²) in [6.07, 6.45) is 2.74. The molecule has 2 bridgehead atoms. The highest BCUT2D eigenvalue weighted by atomic mass is 15.2. The minimum Gasteiger partial charge on any atom is -0.300 e. The van der Waals surface area contributed by atoms with E-state index in [0.717, 1.165) is 5.92 Å². The van der Waals surface area contributed by atoms with E-state index in [1.807, 2.05) is 0 Å². The molecule has 0 radical (unpaired) electrons. The first-order valence-corrected chi connectivity index (χ1v) is 6.91. The van der Waals surface area contributed by atoms with Crippen LogP contribution < -0.4 is 0 Å². The van der Waals surface area contributed by atoms with Gasteiger partial charge in [0.2, 0.25) is 0 Å². The molecule has 3 aliphatic rings. The first-order chi connectivity index (χ1) is 8.12. The Hall–Kier alpha value is -0.820. The number of nitrogens with zero attached hydrogens (tertiary/aromatic N) is 1. The normalized spacial score (nSPS) is 40.5. The highest BCUT2D eigenvalue weighted by Gasteiger charge is 2.48. The van der Waals surface area contributed by atoms with E-state index in [-0.39, 0.29) is 0 Å². The third-order valence-corrected chi connectivity index (χ3v) is 5.27. The van der Waals surface area contributed by atoms with Crippen LogP contribution in [0.3, 0.4) is 0 Å². The number of piperidine rings is 3. The van der Waals surface area contributed by atoms with Gasteiger partial charge in [0.1, 0.15) is 0 Å². The maximum atomic E-state index is 2.68. The van der Waals surface area contributed by atoms with Crippen LogP contribution in [0.4, 0.5) is 0 Å². The van der Waals surface area contributed by atoms with Gasteiger partial charge < -0.3 is 0 Å². The van der Waals surface area contributed by atoms with Gasteiger partial charge in [0.05, 0.1) is 0 Å². The molecule has 17 heavy (non-hydrogen) atoms. The van der Waals surface area contributed by atoms with Crippen molar-refractivity contribution in [2.24, 2.45) is 5.41 Å². The standard InChI is InChI=1S/C16H23N/c1-12-6-4-5-7-14(12)15-13(2)17-10-8-16(15,3)9-11-17/h4-7,13,15H,8-11H2,1-3H3. The Labute approximate surface area is 105 Å². The van der Waals surface area contributed by atoms with Gasteiger partial charge in [-0.1, -0.05) is 31.2 Å². The first kappa shape index (κ1) is 11.3. The molecule has 1 nitrogen and oxygen atoms in total. The van der Waals surface area contributed by atoms with Crippen LogP contribution >= 0.6 is 0 Å². The van der Waals surface area contributed by atoms with Gasteiger partial charge in [-0.3, -0.25) is 4.90 Å². The molecule has 0 aromatic heterocycles. The largest absolute Gasteiger partial charge is 0.300 e. The Morgan fingerprint density at radius 1 is 1.18 bits per heavy atom. The number of hydrogen-bond donors (Lipinski definition) is 0. The zero-order valence-corrected chi connectivity index (χ0v) is 11.2. The maximum Gasteiger partial charge on any atom is 0.0141 e.